The molecule has 1 saturated carbocycles. The number of hydrogen-bond acceptors (Lipinski definition) is 1. The molecule has 1 aromatic rings. The first-order valence-electron chi connectivity index (χ1n) is 8.39. The van der Waals surface area contributed by atoms with Crippen molar-refractivity contribution in [1.82, 2.24) is 5.32 Å². The maximum Gasteiger partial charge on any atom is 0.0297 e. The van der Waals surface area contributed by atoms with Crippen LogP contribution >= 0.6 is 0 Å². The Kier molecular flexibility index (Phi) is 5.65. The molecule has 1 aliphatic carbocycles. The lowest BCUT2D eigenvalue weighted by molar-refractivity contribution is 0.329. The normalized spacial score (nSPS) is 18.2. The fourth-order valence-electron chi connectivity index (χ4n) is 3.96. The van der Waals surface area contributed by atoms with Gasteiger partial charge in [-0.2, -0.15) is 0 Å². The molecule has 0 aromatic heterocycles. The standard InChI is InChI=1S/C19H31N/c1-14-12-15(2)19(16(3)13-14)17(4)20-11-10-18-8-6-5-7-9-18/h12-13,17-18,20H,5-11H2,1-4H3. The average molecular weight is 273 g/mol. The topological polar surface area (TPSA) is 12.0 Å². The molecule has 1 atom stereocenters. The molecule has 0 spiro atoms. The van der Waals surface area contributed by atoms with E-state index in [0.717, 1.165) is 5.92 Å². The Morgan fingerprint density at radius 2 is 1.65 bits per heavy atom. The fourth-order valence-corrected chi connectivity index (χ4v) is 3.96. The second kappa shape index (κ2) is 7.26. The minimum atomic E-state index is 0.471. The van der Waals surface area contributed by atoms with Crippen molar-refractivity contribution in [2.75, 3.05) is 6.54 Å². The van der Waals surface area contributed by atoms with Gasteiger partial charge in [0.1, 0.15) is 0 Å². The molecule has 0 saturated heterocycles. The molecule has 112 valence electrons. The van der Waals surface area contributed by atoms with E-state index < -0.39 is 0 Å². The van der Waals surface area contributed by atoms with Gasteiger partial charge in [-0.25, -0.2) is 0 Å². The molecule has 1 heteroatoms. The lowest BCUT2D eigenvalue weighted by Crippen LogP contribution is -2.24. The van der Waals surface area contributed by atoms with Gasteiger partial charge in [-0.15, -0.1) is 0 Å². The second-order valence-corrected chi connectivity index (χ2v) is 6.78. The molecule has 2 rings (SSSR count). The zero-order chi connectivity index (χ0) is 14.5. The first kappa shape index (κ1) is 15.6. The van der Waals surface area contributed by atoms with Crippen molar-refractivity contribution in [3.8, 4) is 0 Å². The summed E-state index contributed by atoms with van der Waals surface area (Å²) < 4.78 is 0. The van der Waals surface area contributed by atoms with Gasteiger partial charge in [0.25, 0.3) is 0 Å². The predicted molar refractivity (Wildman–Crippen MR) is 88.3 cm³/mol. The molecule has 1 unspecified atom stereocenters. The summed E-state index contributed by atoms with van der Waals surface area (Å²) in [5, 5.41) is 3.75. The first-order chi connectivity index (χ1) is 9.58. The van der Waals surface area contributed by atoms with E-state index in [-0.39, 0.29) is 0 Å². The van der Waals surface area contributed by atoms with E-state index in [9.17, 15) is 0 Å². The summed E-state index contributed by atoms with van der Waals surface area (Å²) in [6.07, 6.45) is 8.64. The summed E-state index contributed by atoms with van der Waals surface area (Å²) >= 11 is 0. The molecule has 1 fully saturated rings. The Bertz CT molecular complexity index is 406. The van der Waals surface area contributed by atoms with Crippen LogP contribution in [0.15, 0.2) is 12.1 Å². The minimum absolute atomic E-state index is 0.471. The van der Waals surface area contributed by atoms with Crippen molar-refractivity contribution in [2.24, 2.45) is 5.92 Å². The van der Waals surface area contributed by atoms with Gasteiger partial charge in [0.2, 0.25) is 0 Å². The van der Waals surface area contributed by atoms with Crippen LogP contribution in [0.4, 0.5) is 0 Å². The fraction of sp³-hybridized carbons (Fsp3) is 0.684. The van der Waals surface area contributed by atoms with Crippen LogP contribution in [0.25, 0.3) is 0 Å². The molecule has 1 aromatic carbocycles. The van der Waals surface area contributed by atoms with Crippen molar-refractivity contribution in [2.45, 2.75) is 72.3 Å². The van der Waals surface area contributed by atoms with E-state index in [2.05, 4.69) is 45.1 Å². The van der Waals surface area contributed by atoms with Gasteiger partial charge in [-0.3, -0.25) is 0 Å². The minimum Gasteiger partial charge on any atom is -0.310 e. The highest BCUT2D eigenvalue weighted by Crippen LogP contribution is 2.27. The van der Waals surface area contributed by atoms with Crippen LogP contribution in [-0.4, -0.2) is 6.54 Å². The van der Waals surface area contributed by atoms with Crippen molar-refractivity contribution in [3.05, 3.63) is 34.4 Å². The van der Waals surface area contributed by atoms with E-state index in [1.54, 1.807) is 0 Å². The van der Waals surface area contributed by atoms with Crippen LogP contribution in [0.5, 0.6) is 0 Å². The van der Waals surface area contributed by atoms with Crippen LogP contribution in [0.3, 0.4) is 0 Å². The van der Waals surface area contributed by atoms with E-state index in [4.69, 9.17) is 0 Å². The zero-order valence-corrected chi connectivity index (χ0v) is 13.8. The summed E-state index contributed by atoms with van der Waals surface area (Å²) in [5.41, 5.74) is 5.73. The molecule has 0 bridgehead atoms. The number of hydrogen-bond donors (Lipinski definition) is 1. The molecule has 1 aliphatic rings. The smallest absolute Gasteiger partial charge is 0.0297 e. The van der Waals surface area contributed by atoms with Gasteiger partial charge < -0.3 is 5.32 Å². The van der Waals surface area contributed by atoms with Crippen molar-refractivity contribution in [1.29, 1.82) is 0 Å². The Morgan fingerprint density at radius 3 is 2.25 bits per heavy atom. The largest absolute Gasteiger partial charge is 0.310 e. The summed E-state index contributed by atoms with van der Waals surface area (Å²) in [5.74, 6) is 0.976. The Hall–Kier alpha value is -0.820. The maximum absolute atomic E-state index is 3.75. The highest BCUT2D eigenvalue weighted by Gasteiger charge is 2.15. The lowest BCUT2D eigenvalue weighted by atomic mass is 9.87. The monoisotopic (exact) mass is 273 g/mol. The van der Waals surface area contributed by atoms with Crippen LogP contribution in [-0.2, 0) is 0 Å². The van der Waals surface area contributed by atoms with Gasteiger partial charge in [-0.05, 0) is 63.3 Å². The Labute approximate surface area is 125 Å². The van der Waals surface area contributed by atoms with Crippen LogP contribution < -0.4 is 5.32 Å². The number of rotatable bonds is 5. The maximum atomic E-state index is 3.75. The quantitative estimate of drug-likeness (QED) is 0.774. The lowest BCUT2D eigenvalue weighted by Gasteiger charge is -2.24. The predicted octanol–water partition coefficient (Wildman–Crippen LogP) is 5.23. The molecular formula is C19H31N. The molecule has 0 aliphatic heterocycles. The number of nitrogens with one attached hydrogen (secondary N) is 1. The van der Waals surface area contributed by atoms with Crippen molar-refractivity contribution >= 4 is 0 Å². The average Bonchev–Trinajstić information content (AvgIpc) is 2.38. The van der Waals surface area contributed by atoms with E-state index >= 15 is 0 Å². The van der Waals surface area contributed by atoms with Gasteiger partial charge in [0, 0.05) is 6.04 Å². The summed E-state index contributed by atoms with van der Waals surface area (Å²) in [6.45, 7) is 10.2. The molecule has 1 nitrogen and oxygen atoms in total. The molecule has 0 amide bonds. The zero-order valence-electron chi connectivity index (χ0n) is 13.8. The first-order valence-corrected chi connectivity index (χ1v) is 8.39. The Morgan fingerprint density at radius 1 is 1.05 bits per heavy atom. The third-order valence-corrected chi connectivity index (χ3v) is 4.90. The Balaban J connectivity index is 1.86. The molecule has 1 N–H and O–H groups in total. The van der Waals surface area contributed by atoms with Crippen LogP contribution in [0.2, 0.25) is 0 Å². The summed E-state index contributed by atoms with van der Waals surface area (Å²) in [7, 11) is 0. The SMILES string of the molecule is Cc1cc(C)c(C(C)NCCC2CCCCC2)c(C)c1. The number of benzene rings is 1. The second-order valence-electron chi connectivity index (χ2n) is 6.78. The van der Waals surface area contributed by atoms with Crippen LogP contribution in [0.1, 0.15) is 73.7 Å². The van der Waals surface area contributed by atoms with E-state index in [0.29, 0.717) is 6.04 Å². The van der Waals surface area contributed by atoms with Gasteiger partial charge in [-0.1, -0.05) is 49.8 Å². The molecular weight excluding hydrogens is 242 g/mol. The molecule has 20 heavy (non-hydrogen) atoms. The number of aryl methyl sites for hydroxylation is 3. The highest BCUT2D eigenvalue weighted by molar-refractivity contribution is 5.39. The third kappa shape index (κ3) is 4.09. The highest BCUT2D eigenvalue weighted by atomic mass is 14.9. The third-order valence-electron chi connectivity index (χ3n) is 4.90. The van der Waals surface area contributed by atoms with Gasteiger partial charge >= 0.3 is 0 Å². The van der Waals surface area contributed by atoms with E-state index in [1.165, 1.54) is 67.3 Å². The van der Waals surface area contributed by atoms with Gasteiger partial charge in [0.05, 0.1) is 0 Å². The van der Waals surface area contributed by atoms with Crippen LogP contribution in [0, 0.1) is 26.7 Å². The molecule has 0 heterocycles. The summed E-state index contributed by atoms with van der Waals surface area (Å²) in [4.78, 5) is 0. The molecule has 0 radical (unpaired) electrons. The van der Waals surface area contributed by atoms with Crippen molar-refractivity contribution < 1.29 is 0 Å². The summed E-state index contributed by atoms with van der Waals surface area (Å²) in [6, 6.07) is 5.09. The van der Waals surface area contributed by atoms with Crippen molar-refractivity contribution in [3.63, 3.8) is 0 Å². The van der Waals surface area contributed by atoms with E-state index in [1.807, 2.05) is 0 Å². The van der Waals surface area contributed by atoms with Gasteiger partial charge in [0.15, 0.2) is 0 Å².